The lowest BCUT2D eigenvalue weighted by molar-refractivity contribution is 0.102. The van der Waals surface area contributed by atoms with Crippen LogP contribution in [0.2, 0.25) is 0 Å². The van der Waals surface area contributed by atoms with Gasteiger partial charge < -0.3 is 10.1 Å². The Bertz CT molecular complexity index is 642. The number of hydrogen-bond donors (Lipinski definition) is 1. The molecule has 0 aromatic heterocycles. The highest BCUT2D eigenvalue weighted by Gasteiger charge is 2.11. The van der Waals surface area contributed by atoms with Crippen LogP contribution < -0.4 is 10.1 Å². The van der Waals surface area contributed by atoms with Crippen molar-refractivity contribution in [3.8, 4) is 11.8 Å². The fourth-order valence-corrected chi connectivity index (χ4v) is 1.83. The minimum Gasteiger partial charge on any atom is -0.496 e. The first kappa shape index (κ1) is 13.6. The van der Waals surface area contributed by atoms with Crippen molar-refractivity contribution >= 4 is 11.6 Å². The van der Waals surface area contributed by atoms with Crippen LogP contribution in [0.3, 0.4) is 0 Å². The number of methoxy groups -OCH3 is 1. The molecule has 0 spiro atoms. The molecule has 0 bridgehead atoms. The molecule has 4 nitrogen and oxygen atoms in total. The van der Waals surface area contributed by atoms with E-state index in [1.807, 2.05) is 18.2 Å². The molecule has 0 fully saturated rings. The van der Waals surface area contributed by atoms with E-state index < -0.39 is 0 Å². The minimum atomic E-state index is -0.226. The highest BCUT2D eigenvalue weighted by atomic mass is 16.5. The molecule has 4 heteroatoms. The van der Waals surface area contributed by atoms with Crippen molar-refractivity contribution in [2.24, 2.45) is 0 Å². The predicted octanol–water partition coefficient (Wildman–Crippen LogP) is 3.01. The zero-order valence-corrected chi connectivity index (χ0v) is 11.1. The van der Waals surface area contributed by atoms with E-state index in [0.717, 1.165) is 5.56 Å². The van der Waals surface area contributed by atoms with Crippen LogP contribution in [0, 0.1) is 11.3 Å². The highest BCUT2D eigenvalue weighted by Crippen LogP contribution is 2.19. The van der Waals surface area contributed by atoms with E-state index in [2.05, 4.69) is 11.4 Å². The molecule has 2 rings (SSSR count). The van der Waals surface area contributed by atoms with E-state index in [0.29, 0.717) is 23.4 Å². The number of amides is 1. The van der Waals surface area contributed by atoms with Gasteiger partial charge in [0.15, 0.2) is 0 Å². The van der Waals surface area contributed by atoms with E-state index in [4.69, 9.17) is 10.00 Å². The van der Waals surface area contributed by atoms with Crippen LogP contribution >= 0.6 is 0 Å². The fourth-order valence-electron chi connectivity index (χ4n) is 1.83. The van der Waals surface area contributed by atoms with E-state index in [-0.39, 0.29) is 5.91 Å². The number of hydrogen-bond acceptors (Lipinski definition) is 3. The number of nitrogens with zero attached hydrogens (tertiary/aromatic N) is 1. The molecule has 0 aliphatic heterocycles. The molecule has 0 aliphatic rings. The quantitative estimate of drug-likeness (QED) is 0.925. The molecule has 0 saturated heterocycles. The smallest absolute Gasteiger partial charge is 0.259 e. The summed E-state index contributed by atoms with van der Waals surface area (Å²) in [6, 6.07) is 16.3. The molecule has 0 unspecified atom stereocenters. The van der Waals surface area contributed by atoms with Crippen molar-refractivity contribution in [1.82, 2.24) is 0 Å². The van der Waals surface area contributed by atoms with Gasteiger partial charge in [-0.05, 0) is 29.8 Å². The summed E-state index contributed by atoms with van der Waals surface area (Å²) in [6.07, 6.45) is 0.362. The zero-order chi connectivity index (χ0) is 14.4. The van der Waals surface area contributed by atoms with Gasteiger partial charge in [0, 0.05) is 5.69 Å². The molecule has 0 aliphatic carbocycles. The van der Waals surface area contributed by atoms with Gasteiger partial charge in [0.05, 0.1) is 25.2 Å². The molecule has 20 heavy (non-hydrogen) atoms. The maximum atomic E-state index is 12.2. The third-order valence-electron chi connectivity index (χ3n) is 2.85. The maximum absolute atomic E-state index is 12.2. The summed E-state index contributed by atoms with van der Waals surface area (Å²) >= 11 is 0. The van der Waals surface area contributed by atoms with E-state index in [9.17, 15) is 4.79 Å². The molecule has 0 atom stereocenters. The topological polar surface area (TPSA) is 62.1 Å². The van der Waals surface area contributed by atoms with Crippen molar-refractivity contribution in [2.75, 3.05) is 12.4 Å². The van der Waals surface area contributed by atoms with Crippen molar-refractivity contribution in [3.63, 3.8) is 0 Å². The average molecular weight is 266 g/mol. The standard InChI is InChI=1S/C16H14N2O2/c1-20-15-5-3-2-4-14(15)16(19)18-13-8-6-12(7-9-13)10-11-17/h2-9H,10H2,1H3,(H,18,19). The van der Waals surface area contributed by atoms with Crippen molar-refractivity contribution in [2.45, 2.75) is 6.42 Å². The zero-order valence-electron chi connectivity index (χ0n) is 11.1. The van der Waals surface area contributed by atoms with Crippen LogP contribution in [-0.4, -0.2) is 13.0 Å². The van der Waals surface area contributed by atoms with Crippen molar-refractivity contribution < 1.29 is 9.53 Å². The monoisotopic (exact) mass is 266 g/mol. The van der Waals surface area contributed by atoms with Gasteiger partial charge in [-0.15, -0.1) is 0 Å². The highest BCUT2D eigenvalue weighted by molar-refractivity contribution is 6.06. The number of anilines is 1. The summed E-state index contributed by atoms with van der Waals surface area (Å²) in [7, 11) is 1.53. The lowest BCUT2D eigenvalue weighted by Crippen LogP contribution is -2.13. The third-order valence-corrected chi connectivity index (χ3v) is 2.85. The number of nitriles is 1. The van der Waals surface area contributed by atoms with Gasteiger partial charge >= 0.3 is 0 Å². The molecule has 0 radical (unpaired) electrons. The van der Waals surface area contributed by atoms with Gasteiger partial charge in [-0.2, -0.15) is 5.26 Å². The first-order valence-corrected chi connectivity index (χ1v) is 6.15. The number of ether oxygens (including phenoxy) is 1. The summed E-state index contributed by atoms with van der Waals surface area (Å²) in [4.78, 5) is 12.2. The van der Waals surface area contributed by atoms with E-state index in [1.54, 1.807) is 30.3 Å². The third kappa shape index (κ3) is 3.15. The summed E-state index contributed by atoms with van der Waals surface area (Å²) in [6.45, 7) is 0. The molecule has 2 aromatic rings. The van der Waals surface area contributed by atoms with Gasteiger partial charge in [-0.1, -0.05) is 24.3 Å². The molecule has 0 saturated carbocycles. The van der Waals surface area contributed by atoms with Gasteiger partial charge in [0.1, 0.15) is 5.75 Å². The molecule has 100 valence electrons. The van der Waals surface area contributed by atoms with Crippen molar-refractivity contribution in [3.05, 3.63) is 59.7 Å². The SMILES string of the molecule is COc1ccccc1C(=O)Nc1ccc(CC#N)cc1. The van der Waals surface area contributed by atoms with Gasteiger partial charge in [-0.25, -0.2) is 0 Å². The normalized spacial score (nSPS) is 9.60. The van der Waals surface area contributed by atoms with Crippen LogP contribution in [0.1, 0.15) is 15.9 Å². The second-order valence-electron chi connectivity index (χ2n) is 4.19. The second-order valence-corrected chi connectivity index (χ2v) is 4.19. The Balaban J connectivity index is 2.13. The second kappa shape index (κ2) is 6.39. The number of nitrogens with one attached hydrogen (secondary N) is 1. The van der Waals surface area contributed by atoms with E-state index >= 15 is 0 Å². The van der Waals surface area contributed by atoms with Crippen LogP contribution in [0.25, 0.3) is 0 Å². The van der Waals surface area contributed by atoms with Gasteiger partial charge in [0.2, 0.25) is 0 Å². The maximum Gasteiger partial charge on any atom is 0.259 e. The fraction of sp³-hybridized carbons (Fsp3) is 0.125. The largest absolute Gasteiger partial charge is 0.496 e. The van der Waals surface area contributed by atoms with Crippen LogP contribution in [0.5, 0.6) is 5.75 Å². The molecule has 0 heterocycles. The van der Waals surface area contributed by atoms with Crippen LogP contribution in [-0.2, 0) is 6.42 Å². The number of carbonyl (C=O) groups is 1. The summed E-state index contributed by atoms with van der Waals surface area (Å²) in [5, 5.41) is 11.4. The average Bonchev–Trinajstić information content (AvgIpc) is 2.49. The minimum absolute atomic E-state index is 0.226. The number of para-hydroxylation sites is 1. The number of benzene rings is 2. The molecule has 1 N–H and O–H groups in total. The Morgan fingerprint density at radius 3 is 2.55 bits per heavy atom. The van der Waals surface area contributed by atoms with Crippen molar-refractivity contribution in [1.29, 1.82) is 5.26 Å². The first-order chi connectivity index (χ1) is 9.74. The number of carbonyl (C=O) groups excluding carboxylic acids is 1. The molecular formula is C16H14N2O2. The molecule has 1 amide bonds. The molecular weight excluding hydrogens is 252 g/mol. The Morgan fingerprint density at radius 1 is 1.20 bits per heavy atom. The summed E-state index contributed by atoms with van der Waals surface area (Å²) < 4.78 is 5.16. The van der Waals surface area contributed by atoms with Crippen LogP contribution in [0.15, 0.2) is 48.5 Å². The summed E-state index contributed by atoms with van der Waals surface area (Å²) in [5.74, 6) is 0.307. The predicted molar refractivity (Wildman–Crippen MR) is 76.7 cm³/mol. The summed E-state index contributed by atoms with van der Waals surface area (Å²) in [5.41, 5.74) is 2.08. The van der Waals surface area contributed by atoms with Crippen LogP contribution in [0.4, 0.5) is 5.69 Å². The lowest BCUT2D eigenvalue weighted by atomic mass is 10.1. The Labute approximate surface area is 117 Å². The molecule has 2 aromatic carbocycles. The number of rotatable bonds is 4. The Hall–Kier alpha value is -2.80. The lowest BCUT2D eigenvalue weighted by Gasteiger charge is -2.09. The first-order valence-electron chi connectivity index (χ1n) is 6.15. The van der Waals surface area contributed by atoms with Gasteiger partial charge in [-0.3, -0.25) is 4.79 Å². The Kier molecular flexibility index (Phi) is 4.35. The van der Waals surface area contributed by atoms with Gasteiger partial charge in [0.25, 0.3) is 5.91 Å². The Morgan fingerprint density at radius 2 is 1.90 bits per heavy atom. The van der Waals surface area contributed by atoms with E-state index in [1.165, 1.54) is 7.11 Å².